The van der Waals surface area contributed by atoms with Crippen molar-refractivity contribution in [3.8, 4) is 6.07 Å². The topological polar surface area (TPSA) is 76.4 Å². The maximum absolute atomic E-state index is 12.8. The van der Waals surface area contributed by atoms with Crippen LogP contribution in [0.1, 0.15) is 17.5 Å². The van der Waals surface area contributed by atoms with Crippen molar-refractivity contribution in [2.45, 2.75) is 13.3 Å². The molecule has 1 saturated carbocycles. The molecule has 148 valence electrons. The number of carbonyl (C=O) groups excluding carboxylic acids is 2. The van der Waals surface area contributed by atoms with Crippen LogP contribution in [-0.4, -0.2) is 42.9 Å². The molecule has 2 atom stereocenters. The number of nitrogens with zero attached hydrogens (tertiary/aromatic N) is 3. The number of benzene rings is 2. The van der Waals surface area contributed by atoms with Crippen molar-refractivity contribution in [1.29, 1.82) is 5.26 Å². The van der Waals surface area contributed by atoms with Gasteiger partial charge in [0, 0.05) is 37.6 Å². The van der Waals surface area contributed by atoms with Gasteiger partial charge in [0.25, 0.3) is 0 Å². The zero-order valence-corrected chi connectivity index (χ0v) is 16.5. The molecule has 1 heterocycles. The minimum Gasteiger partial charge on any atom is -0.368 e. The Morgan fingerprint density at radius 3 is 2.41 bits per heavy atom. The average molecular weight is 388 g/mol. The maximum Gasteiger partial charge on any atom is 0.228 e. The molecule has 1 aliphatic carbocycles. The summed E-state index contributed by atoms with van der Waals surface area (Å²) in [5.41, 5.74) is 3.63. The van der Waals surface area contributed by atoms with Crippen molar-refractivity contribution < 1.29 is 9.59 Å². The number of carbonyl (C=O) groups is 2. The molecule has 0 aromatic heterocycles. The molecule has 4 rings (SSSR count). The van der Waals surface area contributed by atoms with E-state index in [4.69, 9.17) is 5.26 Å². The van der Waals surface area contributed by atoms with Crippen LogP contribution in [0.15, 0.2) is 48.5 Å². The highest BCUT2D eigenvalue weighted by Crippen LogP contribution is 2.41. The third-order valence-electron chi connectivity index (χ3n) is 5.68. The van der Waals surface area contributed by atoms with Crippen LogP contribution in [0.3, 0.4) is 0 Å². The van der Waals surface area contributed by atoms with E-state index in [2.05, 4.69) is 47.5 Å². The quantitative estimate of drug-likeness (QED) is 0.874. The summed E-state index contributed by atoms with van der Waals surface area (Å²) in [4.78, 5) is 29.4. The van der Waals surface area contributed by atoms with Crippen LogP contribution in [0.25, 0.3) is 0 Å². The van der Waals surface area contributed by atoms with E-state index in [9.17, 15) is 9.59 Å². The normalized spacial score (nSPS) is 20.7. The van der Waals surface area contributed by atoms with Gasteiger partial charge in [-0.15, -0.1) is 0 Å². The lowest BCUT2D eigenvalue weighted by atomic mass is 10.1. The van der Waals surface area contributed by atoms with Crippen LogP contribution in [0, 0.1) is 30.1 Å². The largest absolute Gasteiger partial charge is 0.368 e. The van der Waals surface area contributed by atoms with Gasteiger partial charge in [0.15, 0.2) is 0 Å². The van der Waals surface area contributed by atoms with Crippen LogP contribution < -0.4 is 10.2 Å². The van der Waals surface area contributed by atoms with Crippen molar-refractivity contribution in [3.63, 3.8) is 0 Å². The first kappa shape index (κ1) is 19.0. The van der Waals surface area contributed by atoms with Crippen LogP contribution in [0.4, 0.5) is 11.4 Å². The van der Waals surface area contributed by atoms with E-state index in [1.807, 2.05) is 4.90 Å². The standard InChI is InChI=1S/C23H24N4O2/c1-16-3-2-4-19(13-16)26-9-11-27(12-10-26)23(29)21-14-20(21)22(28)25-18-7-5-17(15-24)6-8-18/h2-8,13,20-21H,9-12,14H2,1H3,(H,25,28). The van der Waals surface area contributed by atoms with Gasteiger partial charge in [-0.25, -0.2) is 0 Å². The number of hydrogen-bond donors (Lipinski definition) is 1. The Morgan fingerprint density at radius 1 is 1.03 bits per heavy atom. The lowest BCUT2D eigenvalue weighted by Gasteiger charge is -2.36. The predicted octanol–water partition coefficient (Wildman–Crippen LogP) is 2.79. The van der Waals surface area contributed by atoms with E-state index in [0.717, 1.165) is 13.1 Å². The molecule has 6 heteroatoms. The first-order valence-electron chi connectivity index (χ1n) is 9.96. The molecular weight excluding hydrogens is 364 g/mol. The average Bonchev–Trinajstić information content (AvgIpc) is 3.55. The van der Waals surface area contributed by atoms with E-state index < -0.39 is 0 Å². The number of amides is 2. The Bertz CT molecular complexity index is 956. The van der Waals surface area contributed by atoms with Crippen molar-refractivity contribution >= 4 is 23.2 Å². The van der Waals surface area contributed by atoms with Gasteiger partial charge >= 0.3 is 0 Å². The van der Waals surface area contributed by atoms with Gasteiger partial charge in [0.1, 0.15) is 0 Å². The number of nitriles is 1. The highest BCUT2D eigenvalue weighted by molar-refractivity contribution is 5.99. The Hall–Kier alpha value is -3.33. The van der Waals surface area contributed by atoms with Gasteiger partial charge in [-0.3, -0.25) is 9.59 Å². The molecule has 6 nitrogen and oxygen atoms in total. The van der Waals surface area contributed by atoms with Crippen LogP contribution in [-0.2, 0) is 9.59 Å². The van der Waals surface area contributed by atoms with Gasteiger partial charge in [-0.2, -0.15) is 5.26 Å². The number of hydrogen-bond acceptors (Lipinski definition) is 4. The van der Waals surface area contributed by atoms with E-state index in [1.54, 1.807) is 24.3 Å². The highest BCUT2D eigenvalue weighted by Gasteiger charge is 2.49. The second-order valence-corrected chi connectivity index (χ2v) is 7.78. The fraction of sp³-hybridized carbons (Fsp3) is 0.348. The van der Waals surface area contributed by atoms with E-state index in [-0.39, 0.29) is 23.7 Å². The summed E-state index contributed by atoms with van der Waals surface area (Å²) in [5.74, 6) is -0.493. The number of aryl methyl sites for hydroxylation is 1. The Balaban J connectivity index is 1.28. The fourth-order valence-corrected chi connectivity index (χ4v) is 3.86. The molecule has 2 aromatic rings. The van der Waals surface area contributed by atoms with Gasteiger partial charge in [0.2, 0.25) is 11.8 Å². The van der Waals surface area contributed by atoms with Crippen LogP contribution in [0.5, 0.6) is 0 Å². The smallest absolute Gasteiger partial charge is 0.228 e. The minimum absolute atomic E-state index is 0.0915. The summed E-state index contributed by atoms with van der Waals surface area (Å²) in [6, 6.07) is 17.2. The summed E-state index contributed by atoms with van der Waals surface area (Å²) in [5, 5.41) is 11.7. The van der Waals surface area contributed by atoms with Crippen molar-refractivity contribution in [1.82, 2.24) is 4.90 Å². The molecule has 2 aliphatic rings. The molecule has 1 N–H and O–H groups in total. The SMILES string of the molecule is Cc1cccc(N2CCN(C(=O)C3CC3C(=O)Nc3ccc(C#N)cc3)CC2)c1. The molecule has 0 bridgehead atoms. The molecule has 2 amide bonds. The molecule has 0 radical (unpaired) electrons. The third kappa shape index (κ3) is 4.24. The minimum atomic E-state index is -0.257. The third-order valence-corrected chi connectivity index (χ3v) is 5.68. The Labute approximate surface area is 170 Å². The lowest BCUT2D eigenvalue weighted by Crippen LogP contribution is -2.49. The Kier molecular flexibility index (Phi) is 5.22. The number of piperazine rings is 1. The predicted molar refractivity (Wildman–Crippen MR) is 111 cm³/mol. The maximum atomic E-state index is 12.8. The van der Waals surface area contributed by atoms with Crippen molar-refractivity contribution in [2.75, 3.05) is 36.4 Å². The van der Waals surface area contributed by atoms with Gasteiger partial charge in [-0.1, -0.05) is 12.1 Å². The van der Waals surface area contributed by atoms with Crippen molar-refractivity contribution in [2.24, 2.45) is 11.8 Å². The van der Waals surface area contributed by atoms with Crippen molar-refractivity contribution in [3.05, 3.63) is 59.7 Å². The Morgan fingerprint density at radius 2 is 1.76 bits per heavy atom. The summed E-state index contributed by atoms with van der Waals surface area (Å²) in [6.45, 7) is 5.08. The fourth-order valence-electron chi connectivity index (χ4n) is 3.86. The first-order valence-corrected chi connectivity index (χ1v) is 9.96. The number of anilines is 2. The van der Waals surface area contributed by atoms with Gasteiger partial charge in [-0.05, 0) is 55.3 Å². The summed E-state index contributed by atoms with van der Waals surface area (Å²) >= 11 is 0. The highest BCUT2D eigenvalue weighted by atomic mass is 16.2. The lowest BCUT2D eigenvalue weighted by molar-refractivity contribution is -0.134. The van der Waals surface area contributed by atoms with E-state index in [0.29, 0.717) is 30.8 Å². The van der Waals surface area contributed by atoms with E-state index >= 15 is 0 Å². The van der Waals surface area contributed by atoms with E-state index in [1.165, 1.54) is 11.3 Å². The van der Waals surface area contributed by atoms with Gasteiger partial charge in [0.05, 0.1) is 23.5 Å². The molecule has 29 heavy (non-hydrogen) atoms. The number of nitrogens with one attached hydrogen (secondary N) is 1. The molecule has 1 saturated heterocycles. The molecular formula is C23H24N4O2. The summed E-state index contributed by atoms with van der Waals surface area (Å²) in [6.07, 6.45) is 0.610. The van der Waals surface area contributed by atoms with Crippen LogP contribution >= 0.6 is 0 Å². The zero-order chi connectivity index (χ0) is 20.4. The molecule has 2 aromatic carbocycles. The molecule has 0 spiro atoms. The molecule has 2 fully saturated rings. The second kappa shape index (κ2) is 7.96. The van der Waals surface area contributed by atoms with Crippen LogP contribution in [0.2, 0.25) is 0 Å². The molecule has 1 aliphatic heterocycles. The monoisotopic (exact) mass is 388 g/mol. The first-order chi connectivity index (χ1) is 14.0. The summed E-state index contributed by atoms with van der Waals surface area (Å²) < 4.78 is 0. The molecule has 2 unspecified atom stereocenters. The second-order valence-electron chi connectivity index (χ2n) is 7.78. The zero-order valence-electron chi connectivity index (χ0n) is 16.5. The number of rotatable bonds is 4. The van der Waals surface area contributed by atoms with Gasteiger partial charge < -0.3 is 15.1 Å². The summed E-state index contributed by atoms with van der Waals surface area (Å²) in [7, 11) is 0.